The Morgan fingerprint density at radius 3 is 2.38 bits per heavy atom. The minimum absolute atomic E-state index is 0.0330. The number of anilines is 1. The Morgan fingerprint density at radius 1 is 1.08 bits per heavy atom. The van der Waals surface area contributed by atoms with Gasteiger partial charge in [-0.25, -0.2) is 9.07 Å². The van der Waals surface area contributed by atoms with Gasteiger partial charge in [-0.3, -0.25) is 19.3 Å². The van der Waals surface area contributed by atoms with Gasteiger partial charge in [0.2, 0.25) is 0 Å². The van der Waals surface area contributed by atoms with Crippen molar-refractivity contribution in [2.75, 3.05) is 25.1 Å². The molecule has 3 aromatic carbocycles. The van der Waals surface area contributed by atoms with Gasteiger partial charge in [-0.2, -0.15) is 23.5 Å². The van der Waals surface area contributed by atoms with Crippen LogP contribution in [0.25, 0.3) is 5.69 Å². The maximum atomic E-state index is 14.3. The van der Waals surface area contributed by atoms with Gasteiger partial charge in [-0.05, 0) is 55.0 Å². The van der Waals surface area contributed by atoms with Gasteiger partial charge in [0.1, 0.15) is 23.7 Å². The van der Waals surface area contributed by atoms with Crippen LogP contribution < -0.4 is 10.2 Å². The van der Waals surface area contributed by atoms with Crippen molar-refractivity contribution in [2.24, 2.45) is 0 Å². The van der Waals surface area contributed by atoms with E-state index in [4.69, 9.17) is 0 Å². The largest absolute Gasteiger partial charge is 0.416 e. The second-order valence-corrected chi connectivity index (χ2v) is 11.0. The van der Waals surface area contributed by atoms with Crippen molar-refractivity contribution in [3.05, 3.63) is 113 Å². The first-order chi connectivity index (χ1) is 22.9. The Labute approximate surface area is 272 Å². The van der Waals surface area contributed by atoms with Crippen LogP contribution in [0.3, 0.4) is 0 Å². The number of aliphatic hydroxyl groups excluding tert-OH is 1. The van der Waals surface area contributed by atoms with Gasteiger partial charge >= 0.3 is 6.18 Å². The molecule has 0 fully saturated rings. The lowest BCUT2D eigenvalue weighted by atomic mass is 9.80. The number of carbonyl (C=O) groups excluding carboxylic acids is 3. The predicted octanol–water partition coefficient (Wildman–Crippen LogP) is 4.67. The first-order valence-electron chi connectivity index (χ1n) is 14.9. The number of benzene rings is 3. The molecule has 1 aromatic heterocycles. The smallest absolute Gasteiger partial charge is 0.396 e. The summed E-state index contributed by atoms with van der Waals surface area (Å²) in [6.45, 7) is 1.31. The van der Waals surface area contributed by atoms with Crippen molar-refractivity contribution >= 4 is 23.5 Å². The van der Waals surface area contributed by atoms with Crippen molar-refractivity contribution in [2.45, 2.75) is 37.5 Å². The number of nitriles is 1. The number of para-hydroxylation sites is 1. The molecule has 0 saturated carbocycles. The number of rotatable bonds is 9. The zero-order valence-electron chi connectivity index (χ0n) is 25.8. The predicted molar refractivity (Wildman–Crippen MR) is 166 cm³/mol. The van der Waals surface area contributed by atoms with Crippen molar-refractivity contribution < 1.29 is 37.1 Å². The third-order valence-electron chi connectivity index (χ3n) is 8.16. The third kappa shape index (κ3) is 6.37. The van der Waals surface area contributed by atoms with E-state index in [9.17, 15) is 42.3 Å². The molecule has 5 rings (SSSR count). The Bertz CT molecular complexity index is 1870. The minimum atomic E-state index is -4.73. The van der Waals surface area contributed by atoms with Crippen molar-refractivity contribution in [3.8, 4) is 11.8 Å². The molecule has 14 heteroatoms. The van der Waals surface area contributed by atoms with Gasteiger partial charge in [-0.1, -0.05) is 36.4 Å². The van der Waals surface area contributed by atoms with Gasteiger partial charge in [0.25, 0.3) is 17.7 Å². The standard InChI is InChI=1S/C34H30F4N6O4/c1-3-43-31-27(29(32(47)42(2)25(19-39)16-17-45)41-44(31)24-10-5-4-6-11-24)26(20-12-14-23(35)15-13-20)28(33(43)48)40-30(46)21-8-7-9-22(18-21)34(36,37)38/h4-15,18,25-26,28,45H,3,16-17H2,1-2H3,(H,40,46)/t25?,26-,28-/m0/s1. The number of hydrogen-bond donors (Lipinski definition) is 2. The number of hydrogen-bond acceptors (Lipinski definition) is 6. The lowest BCUT2D eigenvalue weighted by Crippen LogP contribution is -2.55. The number of nitrogens with zero attached hydrogens (tertiary/aromatic N) is 5. The molecule has 0 saturated heterocycles. The van der Waals surface area contributed by atoms with Crippen LogP contribution in [0.15, 0.2) is 78.9 Å². The molecular formula is C34H30F4N6O4. The average Bonchev–Trinajstić information content (AvgIpc) is 3.47. The second-order valence-electron chi connectivity index (χ2n) is 11.0. The van der Waals surface area contributed by atoms with E-state index in [1.54, 1.807) is 37.3 Å². The molecule has 3 amide bonds. The molecule has 2 heterocycles. The molecule has 4 aromatic rings. The molecule has 10 nitrogen and oxygen atoms in total. The van der Waals surface area contributed by atoms with Crippen molar-refractivity contribution in [3.63, 3.8) is 0 Å². The quantitative estimate of drug-likeness (QED) is 0.251. The molecule has 0 bridgehead atoms. The molecule has 0 radical (unpaired) electrons. The summed E-state index contributed by atoms with van der Waals surface area (Å²) in [6.07, 6.45) is -4.79. The van der Waals surface area contributed by atoms with Crippen LogP contribution in [0.4, 0.5) is 23.4 Å². The van der Waals surface area contributed by atoms with Crippen molar-refractivity contribution in [1.82, 2.24) is 20.0 Å². The summed E-state index contributed by atoms with van der Waals surface area (Å²) in [4.78, 5) is 44.5. The maximum absolute atomic E-state index is 14.3. The number of aliphatic hydroxyl groups is 1. The number of nitrogens with one attached hydrogen (secondary N) is 1. The van der Waals surface area contributed by atoms with Crippen LogP contribution in [0.5, 0.6) is 0 Å². The number of halogens is 4. The van der Waals surface area contributed by atoms with E-state index in [1.165, 1.54) is 34.8 Å². The van der Waals surface area contributed by atoms with E-state index in [1.807, 2.05) is 6.07 Å². The van der Waals surface area contributed by atoms with E-state index in [-0.39, 0.29) is 42.2 Å². The van der Waals surface area contributed by atoms with Crippen LogP contribution in [-0.4, -0.2) is 69.8 Å². The molecule has 1 aliphatic heterocycles. The van der Waals surface area contributed by atoms with Gasteiger partial charge in [0, 0.05) is 43.7 Å². The maximum Gasteiger partial charge on any atom is 0.416 e. The zero-order valence-corrected chi connectivity index (χ0v) is 25.8. The summed E-state index contributed by atoms with van der Waals surface area (Å²) in [7, 11) is 1.37. The highest BCUT2D eigenvalue weighted by molar-refractivity contribution is 6.07. The first kappa shape index (κ1) is 33.8. The van der Waals surface area contributed by atoms with E-state index in [0.29, 0.717) is 17.3 Å². The number of aromatic nitrogens is 2. The molecule has 0 aliphatic carbocycles. The second kappa shape index (κ2) is 13.7. The third-order valence-corrected chi connectivity index (χ3v) is 8.16. The summed E-state index contributed by atoms with van der Waals surface area (Å²) in [5.41, 5.74) is -0.674. The lowest BCUT2D eigenvalue weighted by molar-refractivity contribution is -0.137. The Kier molecular flexibility index (Phi) is 9.62. The van der Waals surface area contributed by atoms with Crippen molar-refractivity contribution in [1.29, 1.82) is 5.26 Å². The molecule has 1 aliphatic rings. The SMILES string of the molecule is CCN1C(=O)[C@@H](NC(=O)c2cccc(C(F)(F)F)c2)[C@@H](c2ccc(F)cc2)c2c(C(=O)N(C)C(C#N)CCO)nn(-c3ccccc3)c21. The highest BCUT2D eigenvalue weighted by atomic mass is 19.4. The highest BCUT2D eigenvalue weighted by Gasteiger charge is 2.48. The Morgan fingerprint density at radius 2 is 1.77 bits per heavy atom. The number of likely N-dealkylation sites (N-methyl/N-ethyl adjacent to an activating group) is 1. The monoisotopic (exact) mass is 662 g/mol. The first-order valence-corrected chi connectivity index (χ1v) is 14.9. The fourth-order valence-electron chi connectivity index (χ4n) is 5.77. The molecule has 3 atom stereocenters. The van der Waals surface area contributed by atoms with Crippen LogP contribution >= 0.6 is 0 Å². The Balaban J connectivity index is 1.75. The molecule has 48 heavy (non-hydrogen) atoms. The fourth-order valence-corrected chi connectivity index (χ4v) is 5.77. The summed E-state index contributed by atoms with van der Waals surface area (Å²) in [6, 6.07) is 16.8. The summed E-state index contributed by atoms with van der Waals surface area (Å²) in [5, 5.41) is 26.5. The Hall–Kier alpha value is -5.55. The van der Waals surface area contributed by atoms with E-state index < -0.39 is 53.3 Å². The molecular weight excluding hydrogens is 632 g/mol. The van der Waals surface area contributed by atoms with Crippen LogP contribution in [0, 0.1) is 17.1 Å². The average molecular weight is 663 g/mol. The number of alkyl halides is 3. The van der Waals surface area contributed by atoms with E-state index in [0.717, 1.165) is 29.2 Å². The highest BCUT2D eigenvalue weighted by Crippen LogP contribution is 2.44. The van der Waals surface area contributed by atoms with Crippen LogP contribution in [0.2, 0.25) is 0 Å². The number of amides is 3. The zero-order chi connectivity index (χ0) is 34.7. The van der Waals surface area contributed by atoms with Gasteiger partial charge in [0.15, 0.2) is 5.69 Å². The summed E-state index contributed by atoms with van der Waals surface area (Å²) < 4.78 is 56.0. The van der Waals surface area contributed by atoms with Gasteiger partial charge < -0.3 is 15.3 Å². The lowest BCUT2D eigenvalue weighted by Gasteiger charge is -2.38. The topological polar surface area (TPSA) is 132 Å². The van der Waals surface area contributed by atoms with Crippen LogP contribution in [0.1, 0.15) is 56.8 Å². The number of carbonyl (C=O) groups is 3. The van der Waals surface area contributed by atoms with Gasteiger partial charge in [-0.15, -0.1) is 0 Å². The van der Waals surface area contributed by atoms with E-state index >= 15 is 0 Å². The molecule has 0 spiro atoms. The molecule has 2 N–H and O–H groups in total. The molecule has 1 unspecified atom stereocenters. The minimum Gasteiger partial charge on any atom is -0.396 e. The van der Waals surface area contributed by atoms with Crippen LogP contribution in [-0.2, 0) is 11.0 Å². The summed E-state index contributed by atoms with van der Waals surface area (Å²) >= 11 is 0. The van der Waals surface area contributed by atoms with Gasteiger partial charge in [0.05, 0.1) is 17.3 Å². The normalized spacial score (nSPS) is 16.5. The summed E-state index contributed by atoms with van der Waals surface area (Å²) in [5.74, 6) is -3.98. The fraction of sp³-hybridized carbons (Fsp3) is 0.265. The number of fused-ring (bicyclic) bond motifs is 1. The molecule has 248 valence electrons. The van der Waals surface area contributed by atoms with E-state index in [2.05, 4.69) is 10.4 Å².